The number of aliphatic imine (C=N–C) groups is 1. The number of rotatable bonds is 8. The van der Waals surface area contributed by atoms with Gasteiger partial charge in [-0.1, -0.05) is 135 Å². The largest absolute Gasteiger partial charge is 0.249 e. The lowest BCUT2D eigenvalue weighted by Crippen LogP contribution is -2.26. The van der Waals surface area contributed by atoms with Gasteiger partial charge in [-0.05, 0) is 18.4 Å². The number of nitrogens with zero attached hydrogens (tertiary/aromatic N) is 1. The van der Waals surface area contributed by atoms with Crippen molar-refractivity contribution < 1.29 is 0 Å². The van der Waals surface area contributed by atoms with Crippen molar-refractivity contribution in [2.75, 3.05) is 0 Å². The molecular weight excluding hydrogens is 518 g/mol. The van der Waals surface area contributed by atoms with E-state index in [1.807, 2.05) is 12.1 Å². The van der Waals surface area contributed by atoms with Crippen LogP contribution in [0, 0.1) is 0 Å². The molecule has 0 spiro atoms. The number of alkyl halides is 2. The smallest absolute Gasteiger partial charge is 0.123 e. The SMILES string of the molecule is CCC/C(Br)=C(/N=C(c1ccccc1)C(Br)(Br)CCC)c1ccccc1. The molecule has 0 N–H and O–H groups in total. The van der Waals surface area contributed by atoms with Crippen LogP contribution in [-0.4, -0.2) is 8.95 Å². The molecule has 0 fully saturated rings. The molecular formula is C22H24Br3N. The van der Waals surface area contributed by atoms with Gasteiger partial charge in [0.1, 0.15) is 3.23 Å². The minimum Gasteiger partial charge on any atom is -0.249 e. The van der Waals surface area contributed by atoms with Gasteiger partial charge in [0.25, 0.3) is 0 Å². The number of benzene rings is 2. The first-order valence-corrected chi connectivity index (χ1v) is 11.3. The number of halogens is 3. The second-order valence-electron chi connectivity index (χ2n) is 6.15. The maximum atomic E-state index is 5.18. The Bertz CT molecular complexity index is 749. The van der Waals surface area contributed by atoms with Gasteiger partial charge < -0.3 is 0 Å². The summed E-state index contributed by atoms with van der Waals surface area (Å²) >= 11 is 11.6. The van der Waals surface area contributed by atoms with Crippen molar-refractivity contribution in [3.63, 3.8) is 0 Å². The van der Waals surface area contributed by atoms with Gasteiger partial charge in [0, 0.05) is 10.0 Å². The second-order valence-corrected chi connectivity index (χ2v) is 10.9. The molecule has 0 aliphatic rings. The molecule has 1 nitrogen and oxygen atoms in total. The molecule has 0 bridgehead atoms. The third kappa shape index (κ3) is 5.90. The third-order valence-electron chi connectivity index (χ3n) is 3.95. The topological polar surface area (TPSA) is 12.4 Å². The molecule has 0 aromatic heterocycles. The molecule has 2 aromatic carbocycles. The van der Waals surface area contributed by atoms with Crippen LogP contribution in [0.4, 0.5) is 0 Å². The van der Waals surface area contributed by atoms with Crippen molar-refractivity contribution >= 4 is 59.2 Å². The number of hydrogen-bond donors (Lipinski definition) is 0. The Morgan fingerprint density at radius 1 is 0.846 bits per heavy atom. The highest BCUT2D eigenvalue weighted by Crippen LogP contribution is 2.38. The summed E-state index contributed by atoms with van der Waals surface area (Å²) in [5, 5.41) is 0. The number of hydrogen-bond acceptors (Lipinski definition) is 1. The van der Waals surface area contributed by atoms with E-state index < -0.39 is 0 Å². The Labute approximate surface area is 182 Å². The summed E-state index contributed by atoms with van der Waals surface area (Å²) in [6.07, 6.45) is 4.01. The Hall–Kier alpha value is -0.710. The van der Waals surface area contributed by atoms with Crippen molar-refractivity contribution in [1.82, 2.24) is 0 Å². The van der Waals surface area contributed by atoms with E-state index in [9.17, 15) is 0 Å². The summed E-state index contributed by atoms with van der Waals surface area (Å²) in [7, 11) is 0. The van der Waals surface area contributed by atoms with E-state index in [0.717, 1.165) is 52.7 Å². The summed E-state index contributed by atoms with van der Waals surface area (Å²) in [5.74, 6) is 0. The van der Waals surface area contributed by atoms with Crippen LogP contribution in [0.3, 0.4) is 0 Å². The first-order valence-electron chi connectivity index (χ1n) is 8.96. The van der Waals surface area contributed by atoms with Crippen LogP contribution in [0.25, 0.3) is 5.70 Å². The average molecular weight is 542 g/mol. The van der Waals surface area contributed by atoms with Gasteiger partial charge in [0.15, 0.2) is 0 Å². The van der Waals surface area contributed by atoms with Crippen molar-refractivity contribution in [1.29, 1.82) is 0 Å². The van der Waals surface area contributed by atoms with Gasteiger partial charge in [-0.2, -0.15) is 0 Å². The Kier molecular flexibility index (Phi) is 8.78. The first-order chi connectivity index (χ1) is 12.5. The Morgan fingerprint density at radius 3 is 1.88 bits per heavy atom. The molecule has 0 amide bonds. The van der Waals surface area contributed by atoms with E-state index in [-0.39, 0.29) is 3.23 Å². The van der Waals surface area contributed by atoms with Gasteiger partial charge in [-0.15, -0.1) is 0 Å². The third-order valence-corrected chi connectivity index (χ3v) is 6.27. The van der Waals surface area contributed by atoms with E-state index >= 15 is 0 Å². The predicted molar refractivity (Wildman–Crippen MR) is 126 cm³/mol. The van der Waals surface area contributed by atoms with Crippen LogP contribution < -0.4 is 0 Å². The molecule has 0 heterocycles. The lowest BCUT2D eigenvalue weighted by molar-refractivity contribution is 0.831. The maximum absolute atomic E-state index is 5.18. The fourth-order valence-electron chi connectivity index (χ4n) is 2.71. The molecule has 0 unspecified atom stereocenters. The first kappa shape index (κ1) is 21.6. The van der Waals surface area contributed by atoms with E-state index in [2.05, 4.69) is 110 Å². The lowest BCUT2D eigenvalue weighted by Gasteiger charge is -2.24. The van der Waals surface area contributed by atoms with Gasteiger partial charge in [-0.25, -0.2) is 4.99 Å². The fourth-order valence-corrected chi connectivity index (χ4v) is 4.86. The molecule has 26 heavy (non-hydrogen) atoms. The highest BCUT2D eigenvalue weighted by Gasteiger charge is 2.30. The molecule has 0 atom stereocenters. The van der Waals surface area contributed by atoms with E-state index in [1.165, 1.54) is 0 Å². The standard InChI is InChI=1S/C22H24Br3N/c1-3-11-19(23)20(17-12-7-5-8-13-17)26-21(22(24,25)16-4-2)18-14-9-6-10-15-18/h5-10,12-15H,3-4,11,16H2,1-2H3/b20-19-,26-21?. The number of allylic oxidation sites excluding steroid dienone is 1. The Morgan fingerprint density at radius 2 is 1.38 bits per heavy atom. The minimum absolute atomic E-state index is 0.365. The highest BCUT2D eigenvalue weighted by molar-refractivity contribution is 9.26. The zero-order valence-electron chi connectivity index (χ0n) is 15.2. The van der Waals surface area contributed by atoms with E-state index in [1.54, 1.807) is 0 Å². The Balaban J connectivity index is 2.66. The summed E-state index contributed by atoms with van der Waals surface area (Å²) in [5.41, 5.74) is 4.21. The van der Waals surface area contributed by atoms with Crippen molar-refractivity contribution in [2.45, 2.75) is 42.8 Å². The van der Waals surface area contributed by atoms with Crippen molar-refractivity contribution in [3.8, 4) is 0 Å². The molecule has 138 valence electrons. The summed E-state index contributed by atoms with van der Waals surface area (Å²) < 4.78 is 0.766. The fraction of sp³-hybridized carbons (Fsp3) is 0.318. The van der Waals surface area contributed by atoms with Gasteiger partial charge in [0.05, 0.1) is 11.4 Å². The molecule has 2 aromatic rings. The van der Waals surface area contributed by atoms with Crippen LogP contribution in [0.5, 0.6) is 0 Å². The average Bonchev–Trinajstić information content (AvgIpc) is 2.63. The van der Waals surface area contributed by atoms with Crippen molar-refractivity contribution in [2.24, 2.45) is 4.99 Å². The quantitative estimate of drug-likeness (QED) is 0.235. The molecule has 0 aliphatic heterocycles. The molecule has 2 rings (SSSR count). The van der Waals surface area contributed by atoms with E-state index in [0.29, 0.717) is 0 Å². The van der Waals surface area contributed by atoms with Crippen LogP contribution in [0.1, 0.15) is 50.7 Å². The maximum Gasteiger partial charge on any atom is 0.123 e. The summed E-state index contributed by atoms with van der Waals surface area (Å²) in [6.45, 7) is 4.36. The monoisotopic (exact) mass is 539 g/mol. The summed E-state index contributed by atoms with van der Waals surface area (Å²) in [4.78, 5) is 5.18. The molecule has 0 aliphatic carbocycles. The molecule has 0 radical (unpaired) electrons. The second kappa shape index (κ2) is 10.6. The van der Waals surface area contributed by atoms with Crippen molar-refractivity contribution in [3.05, 3.63) is 76.3 Å². The van der Waals surface area contributed by atoms with Crippen LogP contribution >= 0.6 is 47.8 Å². The van der Waals surface area contributed by atoms with Gasteiger partial charge in [0.2, 0.25) is 0 Å². The zero-order valence-corrected chi connectivity index (χ0v) is 19.9. The van der Waals surface area contributed by atoms with Crippen LogP contribution in [0.2, 0.25) is 0 Å². The zero-order chi connectivity index (χ0) is 19.0. The van der Waals surface area contributed by atoms with Crippen LogP contribution in [-0.2, 0) is 0 Å². The summed E-state index contributed by atoms with van der Waals surface area (Å²) in [6, 6.07) is 20.7. The highest BCUT2D eigenvalue weighted by atomic mass is 79.9. The minimum atomic E-state index is -0.365. The van der Waals surface area contributed by atoms with Crippen LogP contribution in [0.15, 0.2) is 70.1 Å². The molecule has 0 saturated heterocycles. The predicted octanol–water partition coefficient (Wildman–Crippen LogP) is 8.33. The molecule has 0 saturated carbocycles. The van der Waals surface area contributed by atoms with Gasteiger partial charge >= 0.3 is 0 Å². The van der Waals surface area contributed by atoms with E-state index in [4.69, 9.17) is 4.99 Å². The molecule has 4 heteroatoms. The lowest BCUT2D eigenvalue weighted by atomic mass is 10.0. The normalized spacial score (nSPS) is 13.5. The van der Waals surface area contributed by atoms with Gasteiger partial charge in [-0.3, -0.25) is 0 Å².